The fourth-order valence-electron chi connectivity index (χ4n) is 1.33. The Balaban J connectivity index is 2.04. The van der Waals surface area contributed by atoms with E-state index < -0.39 is 0 Å². The van der Waals surface area contributed by atoms with Crippen molar-refractivity contribution < 1.29 is 4.74 Å². The zero-order chi connectivity index (χ0) is 12.3. The van der Waals surface area contributed by atoms with Crippen molar-refractivity contribution in [1.29, 1.82) is 0 Å². The standard InChI is InChI=1S/C12H12ClN3O/c1-8-2-4-9(5-3-8)7-17-11-6-10(13)15-12(14)16-11/h2-6H,7H2,1H3,(H2,14,15,16). The summed E-state index contributed by atoms with van der Waals surface area (Å²) in [5, 5.41) is 0.274. The third-order valence-electron chi connectivity index (χ3n) is 2.20. The van der Waals surface area contributed by atoms with E-state index in [0.717, 1.165) is 5.56 Å². The molecule has 0 aliphatic carbocycles. The lowest BCUT2D eigenvalue weighted by atomic mass is 10.2. The molecule has 5 heteroatoms. The lowest BCUT2D eigenvalue weighted by Gasteiger charge is -2.06. The van der Waals surface area contributed by atoms with E-state index in [1.807, 2.05) is 31.2 Å². The summed E-state index contributed by atoms with van der Waals surface area (Å²) in [5.74, 6) is 0.486. The molecule has 17 heavy (non-hydrogen) atoms. The monoisotopic (exact) mass is 249 g/mol. The number of ether oxygens (including phenoxy) is 1. The Labute approximate surface area is 104 Å². The first kappa shape index (κ1) is 11.7. The van der Waals surface area contributed by atoms with Gasteiger partial charge in [0.25, 0.3) is 0 Å². The molecule has 2 rings (SSSR count). The maximum absolute atomic E-state index is 5.74. The van der Waals surface area contributed by atoms with Crippen LogP contribution in [0.2, 0.25) is 5.15 Å². The van der Waals surface area contributed by atoms with Crippen molar-refractivity contribution in [3.8, 4) is 5.88 Å². The zero-order valence-electron chi connectivity index (χ0n) is 9.35. The van der Waals surface area contributed by atoms with E-state index in [4.69, 9.17) is 22.1 Å². The van der Waals surface area contributed by atoms with Gasteiger partial charge < -0.3 is 10.5 Å². The van der Waals surface area contributed by atoms with Crippen LogP contribution in [0.25, 0.3) is 0 Å². The van der Waals surface area contributed by atoms with Gasteiger partial charge in [-0.15, -0.1) is 0 Å². The predicted molar refractivity (Wildman–Crippen MR) is 67.0 cm³/mol. The molecule has 1 heterocycles. The van der Waals surface area contributed by atoms with Crippen LogP contribution in [-0.4, -0.2) is 9.97 Å². The number of aromatic nitrogens is 2. The fourth-order valence-corrected chi connectivity index (χ4v) is 1.51. The van der Waals surface area contributed by atoms with Crippen LogP contribution < -0.4 is 10.5 Å². The number of nitrogens with zero attached hydrogens (tertiary/aromatic N) is 2. The average molecular weight is 250 g/mol. The smallest absolute Gasteiger partial charge is 0.224 e. The van der Waals surface area contributed by atoms with Gasteiger partial charge in [0.05, 0.1) is 0 Å². The molecule has 0 aliphatic rings. The Morgan fingerprint density at radius 1 is 1.24 bits per heavy atom. The molecule has 0 aliphatic heterocycles. The van der Waals surface area contributed by atoms with E-state index in [1.54, 1.807) is 0 Å². The van der Waals surface area contributed by atoms with Gasteiger partial charge in [0, 0.05) is 6.07 Å². The highest BCUT2D eigenvalue weighted by Gasteiger charge is 2.02. The van der Waals surface area contributed by atoms with Crippen LogP contribution in [0.4, 0.5) is 5.95 Å². The molecule has 1 aromatic carbocycles. The van der Waals surface area contributed by atoms with Crippen molar-refractivity contribution in [1.82, 2.24) is 9.97 Å². The highest BCUT2D eigenvalue weighted by atomic mass is 35.5. The molecule has 0 saturated carbocycles. The topological polar surface area (TPSA) is 61.0 Å². The normalized spacial score (nSPS) is 10.2. The molecule has 4 nitrogen and oxygen atoms in total. The second-order valence-corrected chi connectivity index (χ2v) is 4.05. The predicted octanol–water partition coefficient (Wildman–Crippen LogP) is 2.60. The number of hydrogen-bond acceptors (Lipinski definition) is 4. The Bertz CT molecular complexity index is 493. The minimum Gasteiger partial charge on any atom is -0.473 e. The number of anilines is 1. The van der Waals surface area contributed by atoms with Crippen molar-refractivity contribution in [3.63, 3.8) is 0 Å². The molecule has 0 spiro atoms. The Kier molecular flexibility index (Phi) is 3.44. The van der Waals surface area contributed by atoms with Gasteiger partial charge in [-0.25, -0.2) is 4.98 Å². The molecule has 2 N–H and O–H groups in total. The molecule has 0 saturated heterocycles. The summed E-state index contributed by atoms with van der Waals surface area (Å²) >= 11 is 5.74. The molecular weight excluding hydrogens is 238 g/mol. The third kappa shape index (κ3) is 3.32. The van der Waals surface area contributed by atoms with Crippen LogP contribution in [0.5, 0.6) is 5.88 Å². The number of rotatable bonds is 3. The maximum atomic E-state index is 5.74. The van der Waals surface area contributed by atoms with Crippen LogP contribution in [-0.2, 0) is 6.61 Å². The minimum atomic E-state index is 0.108. The lowest BCUT2D eigenvalue weighted by Crippen LogP contribution is -2.01. The van der Waals surface area contributed by atoms with E-state index in [2.05, 4.69) is 9.97 Å². The summed E-state index contributed by atoms with van der Waals surface area (Å²) in [6.45, 7) is 2.46. The van der Waals surface area contributed by atoms with Gasteiger partial charge in [-0.3, -0.25) is 0 Å². The summed E-state index contributed by atoms with van der Waals surface area (Å²) in [6.07, 6.45) is 0. The largest absolute Gasteiger partial charge is 0.473 e. The van der Waals surface area contributed by atoms with Gasteiger partial charge in [0.15, 0.2) is 0 Å². The molecule has 0 amide bonds. The van der Waals surface area contributed by atoms with Gasteiger partial charge in [-0.05, 0) is 12.5 Å². The second kappa shape index (κ2) is 5.01. The number of nitrogen functional groups attached to an aromatic ring is 1. The quantitative estimate of drug-likeness (QED) is 0.850. The van der Waals surface area contributed by atoms with Crippen LogP contribution in [0.1, 0.15) is 11.1 Å². The first-order valence-electron chi connectivity index (χ1n) is 5.12. The molecule has 2 aromatic rings. The highest BCUT2D eigenvalue weighted by Crippen LogP contribution is 2.16. The lowest BCUT2D eigenvalue weighted by molar-refractivity contribution is 0.294. The Morgan fingerprint density at radius 3 is 2.59 bits per heavy atom. The van der Waals surface area contributed by atoms with Crippen molar-refractivity contribution >= 4 is 17.5 Å². The fraction of sp³-hybridized carbons (Fsp3) is 0.167. The van der Waals surface area contributed by atoms with Crippen LogP contribution in [0, 0.1) is 6.92 Å². The van der Waals surface area contributed by atoms with Crippen molar-refractivity contribution in [2.24, 2.45) is 0 Å². The first-order chi connectivity index (χ1) is 8.13. The highest BCUT2D eigenvalue weighted by molar-refractivity contribution is 6.29. The minimum absolute atomic E-state index is 0.108. The Hall–Kier alpha value is -1.81. The molecule has 0 radical (unpaired) electrons. The van der Waals surface area contributed by atoms with Crippen molar-refractivity contribution in [3.05, 3.63) is 46.6 Å². The molecule has 0 bridgehead atoms. The number of halogens is 1. The molecule has 0 unspecified atom stereocenters. The van der Waals surface area contributed by atoms with E-state index in [0.29, 0.717) is 12.5 Å². The van der Waals surface area contributed by atoms with Gasteiger partial charge in [0.2, 0.25) is 11.8 Å². The average Bonchev–Trinajstić information content (AvgIpc) is 2.27. The zero-order valence-corrected chi connectivity index (χ0v) is 10.1. The molecule has 0 fully saturated rings. The van der Waals surface area contributed by atoms with E-state index in [-0.39, 0.29) is 11.1 Å². The van der Waals surface area contributed by atoms with Crippen molar-refractivity contribution in [2.45, 2.75) is 13.5 Å². The van der Waals surface area contributed by atoms with E-state index in [1.165, 1.54) is 11.6 Å². The number of nitrogens with two attached hydrogens (primary N) is 1. The maximum Gasteiger partial charge on any atom is 0.224 e. The molecule has 1 aromatic heterocycles. The summed E-state index contributed by atoms with van der Waals surface area (Å²) in [6, 6.07) is 9.59. The SMILES string of the molecule is Cc1ccc(COc2cc(Cl)nc(N)n2)cc1. The summed E-state index contributed by atoms with van der Waals surface area (Å²) in [7, 11) is 0. The first-order valence-corrected chi connectivity index (χ1v) is 5.50. The van der Waals surface area contributed by atoms with E-state index in [9.17, 15) is 0 Å². The van der Waals surface area contributed by atoms with Crippen molar-refractivity contribution in [2.75, 3.05) is 5.73 Å². The van der Waals surface area contributed by atoms with Gasteiger partial charge in [-0.1, -0.05) is 41.4 Å². The van der Waals surface area contributed by atoms with Gasteiger partial charge >= 0.3 is 0 Å². The number of aryl methyl sites for hydroxylation is 1. The number of benzene rings is 1. The van der Waals surface area contributed by atoms with Crippen LogP contribution >= 0.6 is 11.6 Å². The van der Waals surface area contributed by atoms with Crippen LogP contribution in [0.3, 0.4) is 0 Å². The third-order valence-corrected chi connectivity index (χ3v) is 2.39. The van der Waals surface area contributed by atoms with Gasteiger partial charge in [-0.2, -0.15) is 4.98 Å². The van der Waals surface area contributed by atoms with Gasteiger partial charge in [0.1, 0.15) is 11.8 Å². The van der Waals surface area contributed by atoms with E-state index >= 15 is 0 Å². The summed E-state index contributed by atoms with van der Waals surface area (Å²) in [5.41, 5.74) is 7.73. The summed E-state index contributed by atoms with van der Waals surface area (Å²) in [4.78, 5) is 7.68. The summed E-state index contributed by atoms with van der Waals surface area (Å²) < 4.78 is 5.48. The second-order valence-electron chi connectivity index (χ2n) is 3.66. The van der Waals surface area contributed by atoms with Crippen LogP contribution in [0.15, 0.2) is 30.3 Å². The molecule has 88 valence electrons. The molecule has 0 atom stereocenters. The Morgan fingerprint density at radius 2 is 1.94 bits per heavy atom. The molecular formula is C12H12ClN3O. The number of hydrogen-bond donors (Lipinski definition) is 1.